The van der Waals surface area contributed by atoms with Crippen molar-refractivity contribution in [2.45, 2.75) is 32.1 Å². The lowest BCUT2D eigenvalue weighted by Crippen LogP contribution is -2.25. The van der Waals surface area contributed by atoms with Crippen LogP contribution in [-0.2, 0) is 4.79 Å². The van der Waals surface area contributed by atoms with Crippen molar-refractivity contribution in [1.29, 1.82) is 0 Å². The lowest BCUT2D eigenvalue weighted by molar-refractivity contribution is -0.120. The molecule has 24 heavy (non-hydrogen) atoms. The number of hydrogen-bond donors (Lipinski definition) is 2. The van der Waals surface area contributed by atoms with E-state index in [1.165, 1.54) is 29.5 Å². The second-order valence-corrected chi connectivity index (χ2v) is 6.76. The van der Waals surface area contributed by atoms with Crippen molar-refractivity contribution in [3.8, 4) is 0 Å². The maximum absolute atomic E-state index is 14.0. The van der Waals surface area contributed by atoms with Gasteiger partial charge in [-0.1, -0.05) is 19.3 Å². The van der Waals surface area contributed by atoms with Gasteiger partial charge in [0.15, 0.2) is 0 Å². The highest BCUT2D eigenvalue weighted by molar-refractivity contribution is 7.08. The topological polar surface area (TPSA) is 58.2 Å². The summed E-state index contributed by atoms with van der Waals surface area (Å²) in [4.78, 5) is 24.3. The summed E-state index contributed by atoms with van der Waals surface area (Å²) in [5, 5.41) is 8.94. The summed E-state index contributed by atoms with van der Waals surface area (Å²) in [5.74, 6) is -0.961. The summed E-state index contributed by atoms with van der Waals surface area (Å²) in [6.45, 7) is 0. The Morgan fingerprint density at radius 3 is 2.58 bits per heavy atom. The van der Waals surface area contributed by atoms with E-state index in [0.29, 0.717) is 11.3 Å². The Bertz CT molecular complexity index is 725. The zero-order chi connectivity index (χ0) is 16.9. The van der Waals surface area contributed by atoms with Crippen molar-refractivity contribution in [2.75, 3.05) is 10.6 Å². The summed E-state index contributed by atoms with van der Waals surface area (Å²) in [7, 11) is 0. The molecule has 1 fully saturated rings. The third kappa shape index (κ3) is 4.00. The van der Waals surface area contributed by atoms with E-state index in [0.717, 1.165) is 32.1 Å². The third-order valence-electron chi connectivity index (χ3n) is 4.24. The van der Waals surface area contributed by atoms with Crippen LogP contribution in [0, 0.1) is 11.7 Å². The summed E-state index contributed by atoms with van der Waals surface area (Å²) < 4.78 is 14.0. The van der Waals surface area contributed by atoms with Crippen molar-refractivity contribution >= 4 is 34.5 Å². The van der Waals surface area contributed by atoms with Crippen molar-refractivity contribution in [1.82, 2.24) is 0 Å². The molecule has 0 bridgehead atoms. The standard InChI is InChI=1S/C18H19FN2O2S/c19-15-7-6-14(20-18(23)13-8-9-24-11-13)10-16(15)21-17(22)12-4-2-1-3-5-12/h6-12H,1-5H2,(H,20,23)(H,21,22). The molecule has 1 heterocycles. The quantitative estimate of drug-likeness (QED) is 0.846. The minimum absolute atomic E-state index is 0.0535. The van der Waals surface area contributed by atoms with Gasteiger partial charge in [-0.2, -0.15) is 11.3 Å². The first-order valence-electron chi connectivity index (χ1n) is 8.07. The van der Waals surface area contributed by atoms with Crippen LogP contribution in [0.2, 0.25) is 0 Å². The monoisotopic (exact) mass is 346 g/mol. The number of hydrogen-bond acceptors (Lipinski definition) is 3. The Morgan fingerprint density at radius 2 is 1.88 bits per heavy atom. The highest BCUT2D eigenvalue weighted by Gasteiger charge is 2.22. The Labute approximate surface area is 144 Å². The fourth-order valence-electron chi connectivity index (χ4n) is 2.90. The summed E-state index contributed by atoms with van der Waals surface area (Å²) in [5.41, 5.74) is 1.11. The molecule has 1 aliphatic rings. The number of amides is 2. The van der Waals surface area contributed by atoms with E-state index < -0.39 is 5.82 Å². The molecule has 2 N–H and O–H groups in total. The molecule has 4 nitrogen and oxygen atoms in total. The number of halogens is 1. The molecular weight excluding hydrogens is 327 g/mol. The number of rotatable bonds is 4. The first-order valence-corrected chi connectivity index (χ1v) is 9.02. The highest BCUT2D eigenvalue weighted by atomic mass is 32.1. The van der Waals surface area contributed by atoms with E-state index in [4.69, 9.17) is 0 Å². The zero-order valence-corrected chi connectivity index (χ0v) is 14.0. The van der Waals surface area contributed by atoms with E-state index >= 15 is 0 Å². The molecule has 126 valence electrons. The molecule has 2 amide bonds. The SMILES string of the molecule is O=C(Nc1ccc(F)c(NC(=O)C2CCCCC2)c1)c1ccsc1. The average Bonchev–Trinajstić information content (AvgIpc) is 3.13. The van der Waals surface area contributed by atoms with E-state index in [-0.39, 0.29) is 23.4 Å². The van der Waals surface area contributed by atoms with Gasteiger partial charge in [0, 0.05) is 17.0 Å². The highest BCUT2D eigenvalue weighted by Crippen LogP contribution is 2.26. The van der Waals surface area contributed by atoms with Gasteiger partial charge in [-0.3, -0.25) is 9.59 Å². The van der Waals surface area contributed by atoms with Gasteiger partial charge in [-0.25, -0.2) is 4.39 Å². The number of carbonyl (C=O) groups is 2. The maximum Gasteiger partial charge on any atom is 0.256 e. The first kappa shape index (κ1) is 16.6. The molecule has 1 aliphatic carbocycles. The molecule has 0 saturated heterocycles. The molecule has 0 unspecified atom stereocenters. The fourth-order valence-corrected chi connectivity index (χ4v) is 3.53. The van der Waals surface area contributed by atoms with Gasteiger partial charge in [0.25, 0.3) is 5.91 Å². The van der Waals surface area contributed by atoms with Crippen molar-refractivity contribution in [3.05, 3.63) is 46.4 Å². The van der Waals surface area contributed by atoms with E-state index in [1.54, 1.807) is 11.4 Å². The Hall–Kier alpha value is -2.21. The van der Waals surface area contributed by atoms with Crippen LogP contribution in [0.15, 0.2) is 35.0 Å². The Balaban J connectivity index is 1.69. The second-order valence-electron chi connectivity index (χ2n) is 5.98. The first-order chi connectivity index (χ1) is 11.6. The average molecular weight is 346 g/mol. The molecule has 0 spiro atoms. The summed E-state index contributed by atoms with van der Waals surface area (Å²) in [6.07, 6.45) is 4.93. The van der Waals surface area contributed by atoms with Gasteiger partial charge in [-0.05, 0) is 42.5 Å². The van der Waals surface area contributed by atoms with E-state index in [1.807, 2.05) is 5.38 Å². The minimum Gasteiger partial charge on any atom is -0.323 e. The molecule has 1 aromatic carbocycles. The number of benzene rings is 1. The number of nitrogens with one attached hydrogen (secondary N) is 2. The van der Waals surface area contributed by atoms with Crippen molar-refractivity contribution in [2.24, 2.45) is 5.92 Å². The largest absolute Gasteiger partial charge is 0.323 e. The van der Waals surface area contributed by atoms with Crippen LogP contribution in [-0.4, -0.2) is 11.8 Å². The molecule has 1 saturated carbocycles. The fraction of sp³-hybridized carbons (Fsp3) is 0.333. The molecule has 0 radical (unpaired) electrons. The molecule has 3 rings (SSSR count). The molecule has 0 aliphatic heterocycles. The number of carbonyl (C=O) groups excluding carboxylic acids is 2. The molecular formula is C18H19FN2O2S. The lowest BCUT2D eigenvalue weighted by Gasteiger charge is -2.21. The van der Waals surface area contributed by atoms with Gasteiger partial charge in [-0.15, -0.1) is 0 Å². The molecule has 0 atom stereocenters. The minimum atomic E-state index is -0.507. The van der Waals surface area contributed by atoms with Crippen molar-refractivity contribution < 1.29 is 14.0 Å². The summed E-state index contributed by atoms with van der Waals surface area (Å²) in [6, 6.07) is 5.91. The third-order valence-corrected chi connectivity index (χ3v) is 4.92. The van der Waals surface area contributed by atoms with Gasteiger partial charge in [0.1, 0.15) is 5.82 Å². The van der Waals surface area contributed by atoms with E-state index in [9.17, 15) is 14.0 Å². The number of anilines is 2. The van der Waals surface area contributed by atoms with Crippen LogP contribution in [0.4, 0.5) is 15.8 Å². The molecule has 1 aromatic heterocycles. The predicted molar refractivity (Wildman–Crippen MR) is 93.9 cm³/mol. The van der Waals surface area contributed by atoms with Gasteiger partial charge >= 0.3 is 0 Å². The molecule has 6 heteroatoms. The number of thiophene rings is 1. The Morgan fingerprint density at radius 1 is 1.08 bits per heavy atom. The molecule has 2 aromatic rings. The van der Waals surface area contributed by atoms with Gasteiger partial charge in [0.2, 0.25) is 5.91 Å². The van der Waals surface area contributed by atoms with Gasteiger partial charge < -0.3 is 10.6 Å². The second kappa shape index (κ2) is 7.57. The summed E-state index contributed by atoms with van der Waals surface area (Å²) >= 11 is 1.43. The van der Waals surface area contributed by atoms with Crippen LogP contribution in [0.3, 0.4) is 0 Å². The van der Waals surface area contributed by atoms with Crippen LogP contribution >= 0.6 is 11.3 Å². The smallest absolute Gasteiger partial charge is 0.256 e. The van der Waals surface area contributed by atoms with Crippen LogP contribution in [0.5, 0.6) is 0 Å². The predicted octanol–water partition coefficient (Wildman–Crippen LogP) is 4.66. The van der Waals surface area contributed by atoms with Crippen molar-refractivity contribution in [3.63, 3.8) is 0 Å². The van der Waals surface area contributed by atoms with Crippen LogP contribution in [0.25, 0.3) is 0 Å². The maximum atomic E-state index is 14.0. The Kier molecular flexibility index (Phi) is 5.25. The zero-order valence-electron chi connectivity index (χ0n) is 13.2. The van der Waals surface area contributed by atoms with E-state index in [2.05, 4.69) is 10.6 Å². The van der Waals surface area contributed by atoms with Gasteiger partial charge in [0.05, 0.1) is 11.3 Å². The lowest BCUT2D eigenvalue weighted by atomic mass is 9.88. The van der Waals surface area contributed by atoms with Crippen LogP contribution in [0.1, 0.15) is 42.5 Å². The van der Waals surface area contributed by atoms with Crippen LogP contribution < -0.4 is 10.6 Å². The normalized spacial score (nSPS) is 15.0.